The summed E-state index contributed by atoms with van der Waals surface area (Å²) in [5.74, 6) is 1.21. The summed E-state index contributed by atoms with van der Waals surface area (Å²) in [6.45, 7) is 2.04. The molecule has 3 fully saturated rings. The molecule has 2 aliphatic heterocycles. The molecule has 0 unspecified atom stereocenters. The van der Waals surface area contributed by atoms with Gasteiger partial charge in [0.05, 0.1) is 6.04 Å². The van der Waals surface area contributed by atoms with Gasteiger partial charge >= 0.3 is 0 Å². The summed E-state index contributed by atoms with van der Waals surface area (Å²) in [5, 5.41) is 3.35. The van der Waals surface area contributed by atoms with Crippen molar-refractivity contribution in [2.24, 2.45) is 5.92 Å². The highest BCUT2D eigenvalue weighted by Crippen LogP contribution is 2.35. The lowest BCUT2D eigenvalue weighted by Crippen LogP contribution is -2.47. The van der Waals surface area contributed by atoms with Crippen molar-refractivity contribution < 1.29 is 4.79 Å². The average Bonchev–Trinajstić information content (AvgIpc) is 3.09. The molecule has 0 aromatic rings. The van der Waals surface area contributed by atoms with Crippen LogP contribution in [0.4, 0.5) is 0 Å². The summed E-state index contributed by atoms with van der Waals surface area (Å²) in [7, 11) is 0. The highest BCUT2D eigenvalue weighted by molar-refractivity contribution is 5.82. The first kappa shape index (κ1) is 11.5. The summed E-state index contributed by atoms with van der Waals surface area (Å²) in [6.07, 6.45) is 10.2. The van der Waals surface area contributed by atoms with E-state index in [4.69, 9.17) is 0 Å². The third-order valence-corrected chi connectivity index (χ3v) is 4.88. The number of nitrogens with one attached hydrogen (secondary N) is 1. The molecular weight excluding hydrogens is 212 g/mol. The number of carbonyl (C=O) groups excluding carboxylic acids is 1. The van der Waals surface area contributed by atoms with E-state index in [-0.39, 0.29) is 6.04 Å². The minimum atomic E-state index is 0.136. The molecule has 0 radical (unpaired) electrons. The number of hydrogen-bond donors (Lipinski definition) is 1. The van der Waals surface area contributed by atoms with E-state index in [0.717, 1.165) is 25.4 Å². The standard InChI is InChI=1S/C14H24N2O/c17-14(12-7-3-9-15-12)16-10-4-8-13(16)11-5-1-2-6-11/h11-13,15H,1-10H2/t12-,13-/m1/s1. The molecule has 0 spiro atoms. The number of likely N-dealkylation sites (tertiary alicyclic amines) is 1. The second kappa shape index (κ2) is 4.97. The van der Waals surface area contributed by atoms with Crippen LogP contribution in [-0.2, 0) is 4.79 Å². The van der Waals surface area contributed by atoms with Gasteiger partial charge < -0.3 is 10.2 Å². The van der Waals surface area contributed by atoms with E-state index in [9.17, 15) is 4.79 Å². The summed E-state index contributed by atoms with van der Waals surface area (Å²) in [4.78, 5) is 14.7. The molecule has 1 saturated carbocycles. The fourth-order valence-electron chi connectivity index (χ4n) is 3.99. The predicted octanol–water partition coefficient (Wildman–Crippen LogP) is 1.92. The molecule has 0 aromatic carbocycles. The zero-order chi connectivity index (χ0) is 11.7. The third kappa shape index (κ3) is 2.22. The van der Waals surface area contributed by atoms with Gasteiger partial charge in [0.15, 0.2) is 0 Å². The number of nitrogens with zero attached hydrogens (tertiary/aromatic N) is 1. The molecule has 17 heavy (non-hydrogen) atoms. The molecule has 3 heteroatoms. The van der Waals surface area contributed by atoms with Gasteiger partial charge in [-0.3, -0.25) is 4.79 Å². The van der Waals surface area contributed by atoms with Crippen LogP contribution in [0.3, 0.4) is 0 Å². The molecule has 1 amide bonds. The Kier molecular flexibility index (Phi) is 3.37. The fourth-order valence-corrected chi connectivity index (χ4v) is 3.99. The van der Waals surface area contributed by atoms with Gasteiger partial charge in [0.25, 0.3) is 0 Å². The summed E-state index contributed by atoms with van der Waals surface area (Å²) in [6, 6.07) is 0.712. The van der Waals surface area contributed by atoms with E-state index in [0.29, 0.717) is 11.9 Å². The molecule has 2 saturated heterocycles. The van der Waals surface area contributed by atoms with Gasteiger partial charge in [-0.1, -0.05) is 12.8 Å². The van der Waals surface area contributed by atoms with E-state index in [1.807, 2.05) is 0 Å². The lowest BCUT2D eigenvalue weighted by molar-refractivity contribution is -0.134. The zero-order valence-electron chi connectivity index (χ0n) is 10.7. The van der Waals surface area contributed by atoms with E-state index in [2.05, 4.69) is 10.2 Å². The molecule has 3 nitrogen and oxygen atoms in total. The Labute approximate surface area is 104 Å². The molecule has 2 heterocycles. The smallest absolute Gasteiger partial charge is 0.239 e. The lowest BCUT2D eigenvalue weighted by Gasteiger charge is -2.31. The van der Waals surface area contributed by atoms with Gasteiger partial charge in [0, 0.05) is 12.6 Å². The van der Waals surface area contributed by atoms with Crippen LogP contribution < -0.4 is 5.32 Å². The lowest BCUT2D eigenvalue weighted by atomic mass is 9.95. The monoisotopic (exact) mass is 236 g/mol. The Morgan fingerprint density at radius 2 is 1.82 bits per heavy atom. The van der Waals surface area contributed by atoms with Crippen molar-refractivity contribution in [3.8, 4) is 0 Å². The Balaban J connectivity index is 1.65. The van der Waals surface area contributed by atoms with Crippen LogP contribution in [-0.4, -0.2) is 36.0 Å². The Morgan fingerprint density at radius 3 is 2.53 bits per heavy atom. The third-order valence-electron chi connectivity index (χ3n) is 4.88. The van der Waals surface area contributed by atoms with Crippen LogP contribution in [0.25, 0.3) is 0 Å². The summed E-state index contributed by atoms with van der Waals surface area (Å²) in [5.41, 5.74) is 0. The second-order valence-corrected chi connectivity index (χ2v) is 5.93. The summed E-state index contributed by atoms with van der Waals surface area (Å²) < 4.78 is 0. The minimum absolute atomic E-state index is 0.136. The van der Waals surface area contributed by atoms with Crippen LogP contribution in [0.5, 0.6) is 0 Å². The van der Waals surface area contributed by atoms with Crippen LogP contribution in [0, 0.1) is 5.92 Å². The normalized spacial score (nSPS) is 34.7. The largest absolute Gasteiger partial charge is 0.338 e. The zero-order valence-corrected chi connectivity index (χ0v) is 10.7. The topological polar surface area (TPSA) is 32.3 Å². The molecule has 0 aromatic heterocycles. The van der Waals surface area contributed by atoms with Crippen LogP contribution in [0.2, 0.25) is 0 Å². The first-order chi connectivity index (χ1) is 8.36. The molecule has 3 aliphatic rings. The maximum atomic E-state index is 12.5. The molecule has 1 N–H and O–H groups in total. The van der Waals surface area contributed by atoms with Crippen molar-refractivity contribution in [2.45, 2.75) is 63.5 Å². The fraction of sp³-hybridized carbons (Fsp3) is 0.929. The second-order valence-electron chi connectivity index (χ2n) is 5.93. The Morgan fingerprint density at radius 1 is 1.00 bits per heavy atom. The first-order valence-electron chi connectivity index (χ1n) is 7.40. The van der Waals surface area contributed by atoms with Gasteiger partial charge in [0.1, 0.15) is 0 Å². The van der Waals surface area contributed by atoms with Gasteiger partial charge in [-0.15, -0.1) is 0 Å². The number of hydrogen-bond acceptors (Lipinski definition) is 2. The highest BCUT2D eigenvalue weighted by atomic mass is 16.2. The molecular formula is C14H24N2O. The van der Waals surface area contributed by atoms with E-state index in [1.165, 1.54) is 44.9 Å². The van der Waals surface area contributed by atoms with Gasteiger partial charge in [-0.2, -0.15) is 0 Å². The van der Waals surface area contributed by atoms with E-state index < -0.39 is 0 Å². The molecule has 1 aliphatic carbocycles. The predicted molar refractivity (Wildman–Crippen MR) is 67.7 cm³/mol. The van der Waals surface area contributed by atoms with Crippen LogP contribution >= 0.6 is 0 Å². The minimum Gasteiger partial charge on any atom is -0.338 e. The average molecular weight is 236 g/mol. The highest BCUT2D eigenvalue weighted by Gasteiger charge is 2.38. The SMILES string of the molecule is O=C([C@H]1CCCN1)N1CCC[C@@H]1C1CCCC1. The number of amides is 1. The first-order valence-corrected chi connectivity index (χ1v) is 7.40. The van der Waals surface area contributed by atoms with Crippen molar-refractivity contribution >= 4 is 5.91 Å². The Bertz CT molecular complexity index is 280. The summed E-state index contributed by atoms with van der Waals surface area (Å²) >= 11 is 0. The number of rotatable bonds is 2. The van der Waals surface area contributed by atoms with Crippen LogP contribution in [0.1, 0.15) is 51.4 Å². The van der Waals surface area contributed by atoms with E-state index in [1.54, 1.807) is 0 Å². The molecule has 2 atom stereocenters. The van der Waals surface area contributed by atoms with Gasteiger partial charge in [0.2, 0.25) is 5.91 Å². The molecule has 96 valence electrons. The Hall–Kier alpha value is -0.570. The van der Waals surface area contributed by atoms with Crippen molar-refractivity contribution in [1.82, 2.24) is 10.2 Å². The van der Waals surface area contributed by atoms with Gasteiger partial charge in [-0.25, -0.2) is 0 Å². The van der Waals surface area contributed by atoms with E-state index >= 15 is 0 Å². The van der Waals surface area contributed by atoms with Crippen molar-refractivity contribution in [1.29, 1.82) is 0 Å². The quantitative estimate of drug-likeness (QED) is 0.794. The number of carbonyl (C=O) groups is 1. The maximum Gasteiger partial charge on any atom is 0.239 e. The molecule has 3 rings (SSSR count). The van der Waals surface area contributed by atoms with Crippen LogP contribution in [0.15, 0.2) is 0 Å². The maximum absolute atomic E-state index is 12.5. The molecule has 0 bridgehead atoms. The van der Waals surface area contributed by atoms with Gasteiger partial charge in [-0.05, 0) is 51.0 Å². The van der Waals surface area contributed by atoms with Crippen molar-refractivity contribution in [3.05, 3.63) is 0 Å². The van der Waals surface area contributed by atoms with Crippen molar-refractivity contribution in [3.63, 3.8) is 0 Å². The van der Waals surface area contributed by atoms with Crippen molar-refractivity contribution in [2.75, 3.05) is 13.1 Å².